The molecule has 9 nitrogen and oxygen atoms in total. The molecule has 9 heteroatoms. The van der Waals surface area contributed by atoms with Crippen LogP contribution in [-0.4, -0.2) is 58.0 Å². The van der Waals surface area contributed by atoms with E-state index in [1.165, 1.54) is 13.2 Å². The number of aromatic amines is 1. The van der Waals surface area contributed by atoms with Gasteiger partial charge in [0, 0.05) is 32.4 Å². The van der Waals surface area contributed by atoms with Crippen LogP contribution >= 0.6 is 0 Å². The summed E-state index contributed by atoms with van der Waals surface area (Å²) in [6.07, 6.45) is 3.70. The van der Waals surface area contributed by atoms with Gasteiger partial charge >= 0.3 is 5.69 Å². The van der Waals surface area contributed by atoms with E-state index in [1.54, 1.807) is 0 Å². The lowest BCUT2D eigenvalue weighted by Crippen LogP contribution is -2.43. The van der Waals surface area contributed by atoms with E-state index in [1.807, 2.05) is 6.92 Å². The number of unbranched alkanes of at least 4 members (excludes halogenated alkanes) is 1. The first-order valence-corrected chi connectivity index (χ1v) is 8.99. The molecule has 2 heterocycles. The number of likely N-dealkylation sites (tertiary alicyclic amines) is 1. The number of carbonyl (C=O) groups is 2. The minimum absolute atomic E-state index is 0.0414. The van der Waals surface area contributed by atoms with Gasteiger partial charge < -0.3 is 15.2 Å². The summed E-state index contributed by atoms with van der Waals surface area (Å²) in [6.45, 7) is 5.85. The minimum Gasteiger partial charge on any atom is -0.355 e. The summed E-state index contributed by atoms with van der Waals surface area (Å²) in [5, 5.41) is 5.66. The highest BCUT2D eigenvalue weighted by atomic mass is 16.2. The molecule has 0 spiro atoms. The number of likely N-dealkylation sites (N-methyl/N-ethyl adjacent to an activating group) is 1. The number of hydrogen-bond donors (Lipinski definition) is 3. The summed E-state index contributed by atoms with van der Waals surface area (Å²) in [7, 11) is 1.46. The van der Waals surface area contributed by atoms with Crippen molar-refractivity contribution in [2.24, 2.45) is 7.05 Å². The van der Waals surface area contributed by atoms with Crippen LogP contribution in [0.1, 0.15) is 43.5 Å². The molecule has 1 aromatic rings. The Bertz CT molecular complexity index is 769. The van der Waals surface area contributed by atoms with Crippen LogP contribution in [-0.2, 0) is 11.8 Å². The zero-order chi connectivity index (χ0) is 19.3. The Hall–Kier alpha value is -2.42. The predicted molar refractivity (Wildman–Crippen MR) is 97.1 cm³/mol. The maximum atomic E-state index is 12.4. The Balaban J connectivity index is 2.10. The van der Waals surface area contributed by atoms with E-state index in [0.717, 1.165) is 24.0 Å². The smallest absolute Gasteiger partial charge is 0.328 e. The normalized spacial score (nSPS) is 20.1. The number of aryl methyl sites for hydroxylation is 1. The molecule has 1 aliphatic heterocycles. The number of H-pyrrole nitrogens is 1. The molecule has 1 saturated heterocycles. The molecule has 0 radical (unpaired) electrons. The molecule has 3 N–H and O–H groups in total. The van der Waals surface area contributed by atoms with E-state index < -0.39 is 17.2 Å². The SMILES string of the molecule is CCCCN1C[C@H](NC(=O)c2cn(C)c(=O)[nH]c2=O)C[C@H]1C(=O)NCC. The van der Waals surface area contributed by atoms with Gasteiger partial charge in [-0.05, 0) is 26.3 Å². The molecular weight excluding hydrogens is 338 g/mol. The molecule has 1 aromatic heterocycles. The van der Waals surface area contributed by atoms with E-state index in [0.29, 0.717) is 19.5 Å². The lowest BCUT2D eigenvalue weighted by molar-refractivity contribution is -0.125. The van der Waals surface area contributed by atoms with Crippen molar-refractivity contribution in [3.05, 3.63) is 32.6 Å². The third kappa shape index (κ3) is 4.60. The van der Waals surface area contributed by atoms with Gasteiger partial charge in [0.2, 0.25) is 5.91 Å². The van der Waals surface area contributed by atoms with Gasteiger partial charge in [0.15, 0.2) is 0 Å². The molecule has 0 aromatic carbocycles. The summed E-state index contributed by atoms with van der Waals surface area (Å²) >= 11 is 0. The second-order valence-corrected chi connectivity index (χ2v) is 6.58. The fourth-order valence-corrected chi connectivity index (χ4v) is 3.17. The number of rotatable bonds is 7. The molecule has 26 heavy (non-hydrogen) atoms. The van der Waals surface area contributed by atoms with Crippen LogP contribution in [0.2, 0.25) is 0 Å². The molecular formula is C17H27N5O4. The molecule has 2 rings (SSSR count). The number of aromatic nitrogens is 2. The number of nitrogens with one attached hydrogen (secondary N) is 3. The van der Waals surface area contributed by atoms with Crippen molar-refractivity contribution in [1.82, 2.24) is 25.1 Å². The van der Waals surface area contributed by atoms with Crippen molar-refractivity contribution >= 4 is 11.8 Å². The Morgan fingerprint density at radius 3 is 2.69 bits per heavy atom. The quantitative estimate of drug-likeness (QED) is 0.584. The van der Waals surface area contributed by atoms with E-state index in [-0.39, 0.29) is 23.6 Å². The van der Waals surface area contributed by atoms with Gasteiger partial charge in [0.1, 0.15) is 5.56 Å². The summed E-state index contributed by atoms with van der Waals surface area (Å²) in [5.41, 5.74) is -1.41. The van der Waals surface area contributed by atoms with Gasteiger partial charge in [-0.25, -0.2) is 4.79 Å². The minimum atomic E-state index is -0.716. The number of hydrogen-bond acceptors (Lipinski definition) is 5. The van der Waals surface area contributed by atoms with Crippen LogP contribution in [0.5, 0.6) is 0 Å². The summed E-state index contributed by atoms with van der Waals surface area (Å²) < 4.78 is 1.15. The standard InChI is InChI=1S/C17H27N5O4/c1-4-6-7-22-9-11(8-13(22)16(25)18-5-2)19-14(23)12-10-21(3)17(26)20-15(12)24/h10-11,13H,4-9H2,1-3H3,(H,18,25)(H,19,23)(H,20,24,26)/t11-,13+/m1/s1. The Morgan fingerprint density at radius 1 is 1.31 bits per heavy atom. The lowest BCUT2D eigenvalue weighted by atomic mass is 10.1. The number of carbonyl (C=O) groups excluding carboxylic acids is 2. The van der Waals surface area contributed by atoms with Crippen molar-refractivity contribution in [1.29, 1.82) is 0 Å². The molecule has 0 unspecified atom stereocenters. The Labute approximate surface area is 151 Å². The maximum absolute atomic E-state index is 12.4. The molecule has 0 saturated carbocycles. The first-order valence-electron chi connectivity index (χ1n) is 8.99. The zero-order valence-corrected chi connectivity index (χ0v) is 15.5. The van der Waals surface area contributed by atoms with Crippen molar-refractivity contribution in [2.45, 2.75) is 45.2 Å². The summed E-state index contributed by atoms with van der Waals surface area (Å²) in [4.78, 5) is 52.2. The third-order valence-corrected chi connectivity index (χ3v) is 4.54. The molecule has 0 aliphatic carbocycles. The number of amides is 2. The monoisotopic (exact) mass is 365 g/mol. The van der Waals surface area contributed by atoms with Crippen LogP contribution in [0, 0.1) is 0 Å². The zero-order valence-electron chi connectivity index (χ0n) is 15.5. The fraction of sp³-hybridized carbons (Fsp3) is 0.647. The van der Waals surface area contributed by atoms with Crippen molar-refractivity contribution in [3.63, 3.8) is 0 Å². The summed E-state index contributed by atoms with van der Waals surface area (Å²) in [6, 6.07) is -0.520. The number of nitrogens with zero attached hydrogens (tertiary/aromatic N) is 2. The Morgan fingerprint density at radius 2 is 2.04 bits per heavy atom. The molecule has 2 atom stereocenters. The third-order valence-electron chi connectivity index (χ3n) is 4.54. The second kappa shape index (κ2) is 8.79. The first kappa shape index (κ1) is 19.9. The van der Waals surface area contributed by atoms with Gasteiger partial charge in [0.05, 0.1) is 6.04 Å². The topological polar surface area (TPSA) is 116 Å². The van der Waals surface area contributed by atoms with Crippen molar-refractivity contribution < 1.29 is 9.59 Å². The van der Waals surface area contributed by atoms with Gasteiger partial charge in [0.25, 0.3) is 11.5 Å². The van der Waals surface area contributed by atoms with Crippen LogP contribution in [0.4, 0.5) is 0 Å². The molecule has 2 amide bonds. The fourth-order valence-electron chi connectivity index (χ4n) is 3.17. The first-order chi connectivity index (χ1) is 12.4. The van der Waals surface area contributed by atoms with Crippen LogP contribution in [0.3, 0.4) is 0 Å². The average Bonchev–Trinajstić information content (AvgIpc) is 2.99. The van der Waals surface area contributed by atoms with Gasteiger partial charge in [-0.2, -0.15) is 0 Å². The molecule has 1 fully saturated rings. The van der Waals surface area contributed by atoms with E-state index in [4.69, 9.17) is 0 Å². The highest BCUT2D eigenvalue weighted by Gasteiger charge is 2.37. The van der Waals surface area contributed by atoms with Crippen molar-refractivity contribution in [3.8, 4) is 0 Å². The van der Waals surface area contributed by atoms with E-state index >= 15 is 0 Å². The van der Waals surface area contributed by atoms with Crippen LogP contribution in [0.15, 0.2) is 15.8 Å². The van der Waals surface area contributed by atoms with Crippen LogP contribution in [0.25, 0.3) is 0 Å². The molecule has 0 bridgehead atoms. The largest absolute Gasteiger partial charge is 0.355 e. The molecule has 144 valence electrons. The highest BCUT2D eigenvalue weighted by Crippen LogP contribution is 2.19. The Kier molecular flexibility index (Phi) is 6.73. The van der Waals surface area contributed by atoms with Crippen LogP contribution < -0.4 is 21.9 Å². The average molecular weight is 365 g/mol. The summed E-state index contributed by atoms with van der Waals surface area (Å²) in [5.74, 6) is -0.584. The molecule has 1 aliphatic rings. The predicted octanol–water partition coefficient (Wildman–Crippen LogP) is -0.817. The lowest BCUT2D eigenvalue weighted by Gasteiger charge is -2.22. The maximum Gasteiger partial charge on any atom is 0.328 e. The highest BCUT2D eigenvalue weighted by molar-refractivity contribution is 5.93. The van der Waals surface area contributed by atoms with Gasteiger partial charge in [-0.15, -0.1) is 0 Å². The van der Waals surface area contributed by atoms with Gasteiger partial charge in [-0.3, -0.25) is 24.3 Å². The van der Waals surface area contributed by atoms with E-state index in [9.17, 15) is 19.2 Å². The second-order valence-electron chi connectivity index (χ2n) is 6.58. The van der Waals surface area contributed by atoms with Crippen molar-refractivity contribution in [2.75, 3.05) is 19.6 Å². The van der Waals surface area contributed by atoms with E-state index in [2.05, 4.69) is 27.4 Å². The van der Waals surface area contributed by atoms with Gasteiger partial charge in [-0.1, -0.05) is 13.3 Å².